The zero-order valence-corrected chi connectivity index (χ0v) is 31.4. The number of halogens is 2. The van der Waals surface area contributed by atoms with Crippen LogP contribution in [0.15, 0.2) is 81.6 Å². The smallest absolute Gasteiger partial charge is 0.371 e. The van der Waals surface area contributed by atoms with Gasteiger partial charge in [-0.15, -0.1) is 0 Å². The van der Waals surface area contributed by atoms with Gasteiger partial charge in [0.15, 0.2) is 16.9 Å². The Hall–Kier alpha value is -5.91. The molecule has 5 heterocycles. The zero-order chi connectivity index (χ0) is 39.3. The first-order chi connectivity index (χ1) is 25.2. The Morgan fingerprint density at radius 2 is 1.17 bits per heavy atom. The standard InChI is InChI=1S/C24H26FN3O3.C18H16FNO3/c1-23(2,3)16-12-17(14-6-8-15(25)9-7-14)27-18-13-19(31-20(16)18)21(29)28-11-10-26-22(30)24(28,4)5;1-18(2,3)12-8-13(10-4-6-11(19)7-5-10)20-14-9-15(17(21)22)23-16(12)14/h6-9,12-13H,10-11H2,1-5H3,(H,26,30);4-9H,1-3H3,(H,21,22). The molecule has 1 fully saturated rings. The van der Waals surface area contributed by atoms with E-state index in [1.807, 2.05) is 32.9 Å². The minimum atomic E-state index is -1.13. The Morgan fingerprint density at radius 3 is 1.59 bits per heavy atom. The number of aromatic nitrogens is 2. The van der Waals surface area contributed by atoms with Crippen molar-refractivity contribution in [1.29, 1.82) is 0 Å². The van der Waals surface area contributed by atoms with E-state index < -0.39 is 11.5 Å². The second-order valence-electron chi connectivity index (χ2n) is 15.9. The van der Waals surface area contributed by atoms with Crippen LogP contribution in [0.4, 0.5) is 8.78 Å². The maximum atomic E-state index is 13.4. The average Bonchev–Trinajstić information content (AvgIpc) is 3.73. The number of hydrogen-bond acceptors (Lipinski definition) is 7. The van der Waals surface area contributed by atoms with Crippen LogP contribution in [-0.4, -0.2) is 56.4 Å². The maximum absolute atomic E-state index is 13.4. The number of nitrogens with zero attached hydrogens (tertiary/aromatic N) is 3. The highest BCUT2D eigenvalue weighted by Gasteiger charge is 2.42. The molecule has 0 spiro atoms. The van der Waals surface area contributed by atoms with E-state index in [1.54, 1.807) is 44.2 Å². The van der Waals surface area contributed by atoms with Crippen molar-refractivity contribution in [3.63, 3.8) is 0 Å². The highest BCUT2D eigenvalue weighted by Crippen LogP contribution is 2.37. The Kier molecular flexibility index (Phi) is 9.68. The van der Waals surface area contributed by atoms with E-state index in [9.17, 15) is 23.2 Å². The molecular formula is C42H42F2N4O6. The van der Waals surface area contributed by atoms with Crippen molar-refractivity contribution in [2.45, 2.75) is 71.8 Å². The lowest BCUT2D eigenvalue weighted by atomic mass is 9.86. The maximum Gasteiger partial charge on any atom is 0.371 e. The predicted octanol–water partition coefficient (Wildman–Crippen LogP) is 8.91. The molecule has 2 aromatic carbocycles. The summed E-state index contributed by atoms with van der Waals surface area (Å²) in [6.07, 6.45) is 0. The van der Waals surface area contributed by atoms with Gasteiger partial charge in [-0.1, -0.05) is 41.5 Å². The van der Waals surface area contributed by atoms with E-state index in [4.69, 9.17) is 13.9 Å². The van der Waals surface area contributed by atoms with Crippen LogP contribution in [-0.2, 0) is 15.6 Å². The number of hydrogen-bond donors (Lipinski definition) is 2. The number of aromatic carboxylic acids is 1. The first kappa shape index (κ1) is 37.8. The van der Waals surface area contributed by atoms with Crippen LogP contribution >= 0.6 is 0 Å². The van der Waals surface area contributed by atoms with E-state index in [0.29, 0.717) is 46.7 Å². The van der Waals surface area contributed by atoms with Crippen molar-refractivity contribution in [2.24, 2.45) is 0 Å². The Balaban J connectivity index is 0.000000193. The molecule has 0 atom stereocenters. The fourth-order valence-electron chi connectivity index (χ4n) is 6.29. The van der Waals surface area contributed by atoms with E-state index in [1.165, 1.54) is 35.2 Å². The number of fused-ring (bicyclic) bond motifs is 2. The van der Waals surface area contributed by atoms with Crippen LogP contribution < -0.4 is 5.32 Å². The molecule has 0 unspecified atom stereocenters. The lowest BCUT2D eigenvalue weighted by Gasteiger charge is -2.40. The van der Waals surface area contributed by atoms with E-state index >= 15 is 0 Å². The van der Waals surface area contributed by atoms with Gasteiger partial charge in [0.05, 0.1) is 11.4 Å². The number of carboxylic acid groups (broad SMARTS) is 1. The van der Waals surface area contributed by atoms with Crippen LogP contribution in [0.5, 0.6) is 0 Å². The molecule has 2 N–H and O–H groups in total. The van der Waals surface area contributed by atoms with Crippen LogP contribution in [0.3, 0.4) is 0 Å². The highest BCUT2D eigenvalue weighted by atomic mass is 19.1. The lowest BCUT2D eigenvalue weighted by molar-refractivity contribution is -0.133. The third-order valence-electron chi connectivity index (χ3n) is 9.37. The van der Waals surface area contributed by atoms with E-state index in [2.05, 4.69) is 36.1 Å². The fraction of sp³-hybridized carbons (Fsp3) is 0.310. The van der Waals surface area contributed by atoms with Gasteiger partial charge in [-0.3, -0.25) is 9.59 Å². The molecule has 1 saturated heterocycles. The van der Waals surface area contributed by atoms with Crippen LogP contribution in [0.25, 0.3) is 44.7 Å². The first-order valence-corrected chi connectivity index (χ1v) is 17.5. The Labute approximate surface area is 311 Å². The SMILES string of the molecule is CC(C)(C)c1cc(-c2ccc(F)cc2)nc2cc(C(=O)N3CCNC(=O)C3(C)C)oc12.CC(C)(C)c1cc(-c2ccc(F)cc2)nc2cc(C(=O)O)oc12. The predicted molar refractivity (Wildman–Crippen MR) is 201 cm³/mol. The molecular weight excluding hydrogens is 694 g/mol. The Bertz CT molecular complexity index is 2400. The van der Waals surface area contributed by atoms with Gasteiger partial charge in [-0.05, 0) is 85.3 Å². The number of carbonyl (C=O) groups excluding carboxylic acids is 2. The molecule has 0 bridgehead atoms. The molecule has 6 aromatic rings. The number of piperazine rings is 1. The van der Waals surface area contributed by atoms with Gasteiger partial charge in [-0.2, -0.15) is 0 Å². The summed E-state index contributed by atoms with van der Waals surface area (Å²) in [6.45, 7) is 16.4. The van der Waals surface area contributed by atoms with Crippen molar-refractivity contribution in [1.82, 2.24) is 20.2 Å². The van der Waals surface area contributed by atoms with Gasteiger partial charge < -0.3 is 24.2 Å². The van der Waals surface area contributed by atoms with Crippen molar-refractivity contribution in [3.05, 3.63) is 107 Å². The van der Waals surface area contributed by atoms with Crippen LogP contribution in [0, 0.1) is 11.6 Å². The molecule has 54 heavy (non-hydrogen) atoms. The minimum absolute atomic E-state index is 0.144. The second-order valence-corrected chi connectivity index (χ2v) is 15.9. The molecule has 0 radical (unpaired) electrons. The second kappa shape index (κ2) is 13.8. The number of amides is 2. The van der Waals surface area contributed by atoms with Crippen LogP contribution in [0.1, 0.15) is 87.6 Å². The van der Waals surface area contributed by atoms with Crippen molar-refractivity contribution >= 4 is 40.0 Å². The fourth-order valence-corrected chi connectivity index (χ4v) is 6.29. The van der Waals surface area contributed by atoms with Gasteiger partial charge in [0, 0.05) is 47.5 Å². The van der Waals surface area contributed by atoms with Crippen LogP contribution in [0.2, 0.25) is 0 Å². The number of benzene rings is 2. The molecule has 12 heteroatoms. The van der Waals surface area contributed by atoms with E-state index in [-0.39, 0.29) is 45.8 Å². The zero-order valence-electron chi connectivity index (χ0n) is 31.4. The number of carboxylic acids is 1. The van der Waals surface area contributed by atoms with Gasteiger partial charge in [0.2, 0.25) is 11.7 Å². The summed E-state index contributed by atoms with van der Waals surface area (Å²) in [6, 6.07) is 19.0. The molecule has 10 nitrogen and oxygen atoms in total. The number of pyridine rings is 2. The number of carbonyl (C=O) groups is 3. The van der Waals surface area contributed by atoms with Gasteiger partial charge in [-0.25, -0.2) is 23.5 Å². The quantitative estimate of drug-likeness (QED) is 0.183. The summed E-state index contributed by atoms with van der Waals surface area (Å²) in [5.41, 5.74) is 5.14. The largest absolute Gasteiger partial charge is 0.475 e. The number of rotatable bonds is 4. The third-order valence-corrected chi connectivity index (χ3v) is 9.37. The lowest BCUT2D eigenvalue weighted by Crippen LogP contribution is -2.63. The van der Waals surface area contributed by atoms with Gasteiger partial charge in [0.1, 0.15) is 28.2 Å². The summed E-state index contributed by atoms with van der Waals surface area (Å²) in [7, 11) is 0. The van der Waals surface area contributed by atoms with Crippen molar-refractivity contribution in [3.8, 4) is 22.5 Å². The molecule has 0 saturated carbocycles. The Morgan fingerprint density at radius 1 is 0.741 bits per heavy atom. The molecule has 7 rings (SSSR count). The summed E-state index contributed by atoms with van der Waals surface area (Å²) in [4.78, 5) is 47.4. The van der Waals surface area contributed by atoms with E-state index in [0.717, 1.165) is 22.3 Å². The molecule has 0 aliphatic carbocycles. The van der Waals surface area contributed by atoms with Crippen molar-refractivity contribution < 1.29 is 37.1 Å². The molecule has 4 aromatic heterocycles. The monoisotopic (exact) mass is 736 g/mol. The minimum Gasteiger partial charge on any atom is -0.475 e. The highest BCUT2D eigenvalue weighted by molar-refractivity contribution is 6.00. The summed E-state index contributed by atoms with van der Waals surface area (Å²) in [5.74, 6) is -2.31. The summed E-state index contributed by atoms with van der Waals surface area (Å²) >= 11 is 0. The molecule has 1 aliphatic rings. The third kappa shape index (κ3) is 7.46. The van der Waals surface area contributed by atoms with Crippen molar-refractivity contribution in [2.75, 3.05) is 13.1 Å². The first-order valence-electron chi connectivity index (χ1n) is 17.5. The van der Waals surface area contributed by atoms with Gasteiger partial charge >= 0.3 is 5.97 Å². The number of furan rings is 2. The molecule has 1 aliphatic heterocycles. The summed E-state index contributed by atoms with van der Waals surface area (Å²) in [5, 5.41) is 11.9. The number of nitrogens with one attached hydrogen (secondary N) is 1. The molecule has 2 amide bonds. The van der Waals surface area contributed by atoms with Gasteiger partial charge in [0.25, 0.3) is 5.91 Å². The normalized spacial score (nSPS) is 14.5. The summed E-state index contributed by atoms with van der Waals surface area (Å²) < 4.78 is 38.0. The average molecular weight is 737 g/mol. The molecule has 280 valence electrons. The topological polar surface area (TPSA) is 139 Å².